The quantitative estimate of drug-likeness (QED) is 0.693. The second kappa shape index (κ2) is 3.89. The van der Waals surface area contributed by atoms with Crippen LogP contribution in [0.3, 0.4) is 0 Å². The lowest BCUT2D eigenvalue weighted by Gasteiger charge is -2.26. The summed E-state index contributed by atoms with van der Waals surface area (Å²) in [6, 6.07) is 0.762. The molecule has 2 fully saturated rings. The largest absolute Gasteiger partial charge is 0.353 e. The molecule has 2 saturated carbocycles. The van der Waals surface area contributed by atoms with Gasteiger partial charge < -0.3 is 11.1 Å². The van der Waals surface area contributed by atoms with E-state index in [1.807, 2.05) is 0 Å². The summed E-state index contributed by atoms with van der Waals surface area (Å²) in [4.78, 5) is 11.6. The van der Waals surface area contributed by atoms with Crippen LogP contribution in [0.1, 0.15) is 39.0 Å². The first-order chi connectivity index (χ1) is 6.66. The Balaban J connectivity index is 1.72. The Bertz CT molecular complexity index is 221. The Kier molecular flexibility index (Phi) is 2.77. The highest BCUT2D eigenvalue weighted by Crippen LogP contribution is 2.38. The second-order valence-corrected chi connectivity index (χ2v) is 4.94. The van der Waals surface area contributed by atoms with E-state index in [9.17, 15) is 4.79 Å². The minimum absolute atomic E-state index is 0.276. The molecule has 3 nitrogen and oxygen atoms in total. The number of nitrogens with two attached hydrogens (primary N) is 1. The van der Waals surface area contributed by atoms with E-state index in [4.69, 9.17) is 5.73 Å². The summed E-state index contributed by atoms with van der Waals surface area (Å²) < 4.78 is 0. The van der Waals surface area contributed by atoms with Gasteiger partial charge in [0.05, 0.1) is 0 Å². The molecule has 0 saturated heterocycles. The second-order valence-electron chi connectivity index (χ2n) is 4.94. The molecule has 80 valence electrons. The van der Waals surface area contributed by atoms with Crippen LogP contribution in [-0.2, 0) is 4.79 Å². The topological polar surface area (TPSA) is 55.1 Å². The monoisotopic (exact) mass is 196 g/mol. The molecule has 2 atom stereocenters. The van der Waals surface area contributed by atoms with Gasteiger partial charge in [-0.2, -0.15) is 0 Å². The van der Waals surface area contributed by atoms with E-state index < -0.39 is 0 Å². The number of carbonyl (C=O) groups is 1. The Hall–Kier alpha value is -0.570. The maximum atomic E-state index is 11.6. The highest BCUT2D eigenvalue weighted by Gasteiger charge is 2.39. The fourth-order valence-corrected chi connectivity index (χ4v) is 2.26. The van der Waals surface area contributed by atoms with Crippen molar-refractivity contribution < 1.29 is 4.79 Å². The minimum Gasteiger partial charge on any atom is -0.353 e. The summed E-state index contributed by atoms with van der Waals surface area (Å²) in [5.41, 5.74) is 5.81. The van der Waals surface area contributed by atoms with Crippen molar-refractivity contribution in [3.63, 3.8) is 0 Å². The van der Waals surface area contributed by atoms with Crippen LogP contribution >= 0.6 is 0 Å². The standard InChI is InChI=1S/C11H20N2O/c1-7-6-10(7)11(14)13-9-4-2-8(12)3-5-9/h7-10H,2-6,12H2,1H3,(H,13,14). The van der Waals surface area contributed by atoms with E-state index in [1.54, 1.807) is 0 Å². The van der Waals surface area contributed by atoms with E-state index in [2.05, 4.69) is 12.2 Å². The third-order valence-corrected chi connectivity index (χ3v) is 3.56. The van der Waals surface area contributed by atoms with Gasteiger partial charge in [0.1, 0.15) is 0 Å². The molecule has 0 aromatic heterocycles. The minimum atomic E-state index is 0.276. The third-order valence-electron chi connectivity index (χ3n) is 3.56. The maximum absolute atomic E-state index is 11.6. The number of carbonyl (C=O) groups excluding carboxylic acids is 1. The SMILES string of the molecule is CC1CC1C(=O)NC1CCC(N)CC1. The van der Waals surface area contributed by atoms with Crippen LogP contribution in [0.15, 0.2) is 0 Å². The molecule has 1 amide bonds. The van der Waals surface area contributed by atoms with E-state index >= 15 is 0 Å². The first-order valence-corrected chi connectivity index (χ1v) is 5.72. The third kappa shape index (κ3) is 2.27. The summed E-state index contributed by atoms with van der Waals surface area (Å²) >= 11 is 0. The molecule has 0 heterocycles. The summed E-state index contributed by atoms with van der Waals surface area (Å²) in [6.07, 6.45) is 5.33. The Morgan fingerprint density at radius 1 is 1.29 bits per heavy atom. The van der Waals surface area contributed by atoms with Gasteiger partial charge in [0.25, 0.3) is 0 Å². The van der Waals surface area contributed by atoms with E-state index in [0.29, 0.717) is 23.9 Å². The Labute approximate surface area is 85.4 Å². The van der Waals surface area contributed by atoms with Crippen LogP contribution in [0, 0.1) is 11.8 Å². The Morgan fingerprint density at radius 2 is 1.86 bits per heavy atom. The number of hydrogen-bond donors (Lipinski definition) is 2. The van der Waals surface area contributed by atoms with Crippen LogP contribution in [0.25, 0.3) is 0 Å². The molecule has 2 aliphatic rings. The van der Waals surface area contributed by atoms with Crippen molar-refractivity contribution in [1.82, 2.24) is 5.32 Å². The van der Waals surface area contributed by atoms with Gasteiger partial charge in [-0.25, -0.2) is 0 Å². The van der Waals surface area contributed by atoms with E-state index in [-0.39, 0.29) is 5.91 Å². The van der Waals surface area contributed by atoms with Crippen molar-refractivity contribution in [1.29, 1.82) is 0 Å². The van der Waals surface area contributed by atoms with Crippen LogP contribution in [-0.4, -0.2) is 18.0 Å². The van der Waals surface area contributed by atoms with Gasteiger partial charge in [-0.3, -0.25) is 4.79 Å². The molecule has 0 aromatic carbocycles. The molecule has 0 spiro atoms. The zero-order chi connectivity index (χ0) is 10.1. The van der Waals surface area contributed by atoms with Gasteiger partial charge in [-0.05, 0) is 38.0 Å². The van der Waals surface area contributed by atoms with Crippen molar-refractivity contribution in [2.45, 2.75) is 51.1 Å². The number of amides is 1. The van der Waals surface area contributed by atoms with Crippen LogP contribution < -0.4 is 11.1 Å². The van der Waals surface area contributed by atoms with Crippen molar-refractivity contribution in [2.75, 3.05) is 0 Å². The zero-order valence-corrected chi connectivity index (χ0v) is 8.83. The molecule has 2 rings (SSSR count). The van der Waals surface area contributed by atoms with Gasteiger partial charge in [-0.1, -0.05) is 6.92 Å². The molecule has 0 bridgehead atoms. The average Bonchev–Trinajstić information content (AvgIpc) is 2.87. The van der Waals surface area contributed by atoms with Crippen molar-refractivity contribution in [2.24, 2.45) is 17.6 Å². The Morgan fingerprint density at radius 3 is 2.36 bits per heavy atom. The van der Waals surface area contributed by atoms with Crippen molar-refractivity contribution in [3.05, 3.63) is 0 Å². The summed E-state index contributed by atoms with van der Waals surface area (Å²) in [5, 5.41) is 3.14. The lowest BCUT2D eigenvalue weighted by Crippen LogP contribution is -2.41. The first-order valence-electron chi connectivity index (χ1n) is 5.72. The number of nitrogens with one attached hydrogen (secondary N) is 1. The van der Waals surface area contributed by atoms with Gasteiger partial charge in [-0.15, -0.1) is 0 Å². The molecule has 2 aliphatic carbocycles. The fourth-order valence-electron chi connectivity index (χ4n) is 2.26. The first kappa shape index (κ1) is 9.97. The lowest BCUT2D eigenvalue weighted by molar-refractivity contribution is -0.123. The van der Waals surface area contributed by atoms with Crippen LogP contribution in [0.5, 0.6) is 0 Å². The molecule has 2 unspecified atom stereocenters. The van der Waals surface area contributed by atoms with Gasteiger partial charge in [0, 0.05) is 18.0 Å². The van der Waals surface area contributed by atoms with Crippen molar-refractivity contribution >= 4 is 5.91 Å². The predicted molar refractivity (Wildman–Crippen MR) is 55.6 cm³/mol. The molecule has 14 heavy (non-hydrogen) atoms. The van der Waals surface area contributed by atoms with Crippen LogP contribution in [0.4, 0.5) is 0 Å². The average molecular weight is 196 g/mol. The summed E-state index contributed by atoms with van der Waals surface area (Å²) in [7, 11) is 0. The van der Waals surface area contributed by atoms with Crippen molar-refractivity contribution in [3.8, 4) is 0 Å². The zero-order valence-electron chi connectivity index (χ0n) is 8.83. The van der Waals surface area contributed by atoms with E-state index in [0.717, 1.165) is 32.1 Å². The number of rotatable bonds is 2. The van der Waals surface area contributed by atoms with Crippen LogP contribution in [0.2, 0.25) is 0 Å². The maximum Gasteiger partial charge on any atom is 0.223 e. The normalized spacial score (nSPS) is 41.9. The predicted octanol–water partition coefficient (Wildman–Crippen LogP) is 1.03. The molecular formula is C11H20N2O. The van der Waals surface area contributed by atoms with E-state index in [1.165, 1.54) is 0 Å². The van der Waals surface area contributed by atoms with Gasteiger partial charge in [0.2, 0.25) is 5.91 Å². The van der Waals surface area contributed by atoms with Gasteiger partial charge in [0.15, 0.2) is 0 Å². The highest BCUT2D eigenvalue weighted by atomic mass is 16.2. The molecule has 0 aromatic rings. The molecule has 3 N–H and O–H groups in total. The smallest absolute Gasteiger partial charge is 0.223 e. The summed E-state index contributed by atoms with van der Waals surface area (Å²) in [5.74, 6) is 1.20. The summed E-state index contributed by atoms with van der Waals surface area (Å²) in [6.45, 7) is 2.14. The highest BCUT2D eigenvalue weighted by molar-refractivity contribution is 5.81. The molecule has 0 aliphatic heterocycles. The fraction of sp³-hybridized carbons (Fsp3) is 0.909. The molecule has 0 radical (unpaired) electrons. The van der Waals surface area contributed by atoms with Gasteiger partial charge >= 0.3 is 0 Å². The molecule has 3 heteroatoms. The number of hydrogen-bond acceptors (Lipinski definition) is 2. The lowest BCUT2D eigenvalue weighted by atomic mass is 9.92. The molecular weight excluding hydrogens is 176 g/mol.